The lowest BCUT2D eigenvalue weighted by molar-refractivity contribution is 0.0689. The number of aliphatic hydroxyl groups is 1. The lowest BCUT2D eigenvalue weighted by Crippen LogP contribution is -2.24. The van der Waals surface area contributed by atoms with Gasteiger partial charge in [0.2, 0.25) is 0 Å². The topological polar surface area (TPSA) is 69.6 Å². The van der Waals surface area contributed by atoms with Gasteiger partial charge in [0.1, 0.15) is 0 Å². The summed E-state index contributed by atoms with van der Waals surface area (Å²) < 4.78 is 0. The molecule has 3 N–H and O–H groups in total. The van der Waals surface area contributed by atoms with E-state index >= 15 is 0 Å². The molecule has 0 aliphatic heterocycles. The second kappa shape index (κ2) is 4.63. The zero-order valence-corrected chi connectivity index (χ0v) is 8.89. The molecule has 16 heavy (non-hydrogen) atoms. The third-order valence-corrected chi connectivity index (χ3v) is 2.73. The van der Waals surface area contributed by atoms with Crippen LogP contribution in [0.3, 0.4) is 0 Å². The molecule has 1 fully saturated rings. The zero-order chi connectivity index (χ0) is 11.5. The smallest absolute Gasteiger partial charge is 0.336 e. The molecule has 4 nitrogen and oxygen atoms in total. The Morgan fingerprint density at radius 2 is 2.12 bits per heavy atom. The van der Waals surface area contributed by atoms with Gasteiger partial charge in [0.05, 0.1) is 11.7 Å². The fourth-order valence-electron chi connectivity index (χ4n) is 1.66. The first-order chi connectivity index (χ1) is 7.68. The van der Waals surface area contributed by atoms with E-state index in [0.717, 1.165) is 12.8 Å². The van der Waals surface area contributed by atoms with Gasteiger partial charge in [0, 0.05) is 12.6 Å². The summed E-state index contributed by atoms with van der Waals surface area (Å²) in [7, 11) is 0. The summed E-state index contributed by atoms with van der Waals surface area (Å²) >= 11 is 0. The average Bonchev–Trinajstić information content (AvgIpc) is 3.09. The van der Waals surface area contributed by atoms with Crippen LogP contribution in [-0.2, 0) is 0 Å². The van der Waals surface area contributed by atoms with Gasteiger partial charge in [-0.15, -0.1) is 0 Å². The molecule has 1 unspecified atom stereocenters. The van der Waals surface area contributed by atoms with Crippen molar-refractivity contribution in [2.45, 2.75) is 25.0 Å². The van der Waals surface area contributed by atoms with E-state index in [-0.39, 0.29) is 5.56 Å². The van der Waals surface area contributed by atoms with E-state index in [1.165, 1.54) is 6.07 Å². The molecular weight excluding hydrogens is 206 g/mol. The van der Waals surface area contributed by atoms with Gasteiger partial charge in [-0.1, -0.05) is 18.2 Å². The lowest BCUT2D eigenvalue weighted by atomic mass is 10.0. The quantitative estimate of drug-likeness (QED) is 0.698. The van der Waals surface area contributed by atoms with Gasteiger partial charge in [0.25, 0.3) is 0 Å². The van der Waals surface area contributed by atoms with Crippen LogP contribution >= 0.6 is 0 Å². The summed E-state index contributed by atoms with van der Waals surface area (Å²) in [5, 5.41) is 22.1. The SMILES string of the molecule is O=C(O)c1ccccc1C(O)CNC1CC1. The van der Waals surface area contributed by atoms with Crippen LogP contribution in [0.2, 0.25) is 0 Å². The molecular formula is C12H15NO3. The molecule has 4 heteroatoms. The number of rotatable bonds is 5. The number of benzene rings is 1. The summed E-state index contributed by atoms with van der Waals surface area (Å²) in [5.74, 6) is -0.999. The molecule has 0 radical (unpaired) electrons. The minimum atomic E-state index is -0.999. The van der Waals surface area contributed by atoms with Gasteiger partial charge in [0.15, 0.2) is 0 Å². The van der Waals surface area contributed by atoms with Crippen molar-refractivity contribution in [3.05, 3.63) is 35.4 Å². The van der Waals surface area contributed by atoms with Crippen LogP contribution < -0.4 is 5.32 Å². The maximum atomic E-state index is 10.9. The highest BCUT2D eigenvalue weighted by Crippen LogP contribution is 2.21. The minimum Gasteiger partial charge on any atom is -0.478 e. The van der Waals surface area contributed by atoms with E-state index in [1.807, 2.05) is 0 Å². The average molecular weight is 221 g/mol. The van der Waals surface area contributed by atoms with Crippen molar-refractivity contribution >= 4 is 5.97 Å². The molecule has 1 saturated carbocycles. The summed E-state index contributed by atoms with van der Waals surface area (Å²) in [5.41, 5.74) is 0.649. The Morgan fingerprint density at radius 1 is 1.44 bits per heavy atom. The van der Waals surface area contributed by atoms with Gasteiger partial charge >= 0.3 is 5.97 Å². The highest BCUT2D eigenvalue weighted by atomic mass is 16.4. The van der Waals surface area contributed by atoms with Crippen LogP contribution in [0.25, 0.3) is 0 Å². The zero-order valence-electron chi connectivity index (χ0n) is 8.89. The first kappa shape index (κ1) is 11.1. The van der Waals surface area contributed by atoms with Crippen LogP contribution in [0.4, 0.5) is 0 Å². The third kappa shape index (κ3) is 2.59. The Kier molecular flexibility index (Phi) is 3.22. The van der Waals surface area contributed by atoms with Crippen molar-refractivity contribution in [1.82, 2.24) is 5.32 Å². The monoisotopic (exact) mass is 221 g/mol. The molecule has 2 rings (SSSR count). The number of carbonyl (C=O) groups is 1. The van der Waals surface area contributed by atoms with Crippen LogP contribution in [0, 0.1) is 0 Å². The Balaban J connectivity index is 2.07. The number of carboxylic acids is 1. The van der Waals surface area contributed by atoms with Crippen molar-refractivity contribution in [3.63, 3.8) is 0 Å². The highest BCUT2D eigenvalue weighted by molar-refractivity contribution is 5.89. The molecule has 1 aliphatic carbocycles. The second-order valence-corrected chi connectivity index (χ2v) is 4.09. The first-order valence-electron chi connectivity index (χ1n) is 5.42. The molecule has 0 aromatic heterocycles. The minimum absolute atomic E-state index is 0.174. The molecule has 1 aromatic rings. The van der Waals surface area contributed by atoms with E-state index in [9.17, 15) is 9.90 Å². The molecule has 1 atom stereocenters. The molecule has 1 aromatic carbocycles. The number of hydrogen-bond acceptors (Lipinski definition) is 3. The second-order valence-electron chi connectivity index (χ2n) is 4.09. The number of carboxylic acid groups (broad SMARTS) is 1. The summed E-state index contributed by atoms with van der Waals surface area (Å²) in [6.45, 7) is 0.412. The van der Waals surface area contributed by atoms with Gasteiger partial charge in [-0.2, -0.15) is 0 Å². The lowest BCUT2D eigenvalue weighted by Gasteiger charge is -2.14. The van der Waals surface area contributed by atoms with E-state index in [0.29, 0.717) is 18.2 Å². The maximum Gasteiger partial charge on any atom is 0.336 e. The standard InChI is InChI=1S/C12H15NO3/c14-11(7-13-8-5-6-8)9-3-1-2-4-10(9)12(15)16/h1-4,8,11,13-14H,5-7H2,(H,15,16). The molecule has 86 valence electrons. The molecule has 0 amide bonds. The Morgan fingerprint density at radius 3 is 2.75 bits per heavy atom. The van der Waals surface area contributed by atoms with Crippen molar-refractivity contribution in [2.24, 2.45) is 0 Å². The number of aromatic carboxylic acids is 1. The molecule has 0 bridgehead atoms. The van der Waals surface area contributed by atoms with Gasteiger partial charge < -0.3 is 15.5 Å². The number of nitrogens with one attached hydrogen (secondary N) is 1. The maximum absolute atomic E-state index is 10.9. The summed E-state index contributed by atoms with van der Waals surface area (Å²) in [6.07, 6.45) is 1.54. The van der Waals surface area contributed by atoms with E-state index in [4.69, 9.17) is 5.11 Å². The van der Waals surface area contributed by atoms with Crippen molar-refractivity contribution < 1.29 is 15.0 Å². The summed E-state index contributed by atoms with van der Waals surface area (Å²) in [4.78, 5) is 10.9. The Bertz CT molecular complexity index is 388. The normalized spacial score (nSPS) is 17.1. The van der Waals surface area contributed by atoms with Crippen molar-refractivity contribution in [3.8, 4) is 0 Å². The van der Waals surface area contributed by atoms with Gasteiger partial charge in [-0.05, 0) is 24.5 Å². The fraction of sp³-hybridized carbons (Fsp3) is 0.417. The largest absolute Gasteiger partial charge is 0.478 e. The molecule has 0 saturated heterocycles. The highest BCUT2D eigenvalue weighted by Gasteiger charge is 2.23. The van der Waals surface area contributed by atoms with Gasteiger partial charge in [-0.25, -0.2) is 4.79 Å². The van der Waals surface area contributed by atoms with Crippen molar-refractivity contribution in [2.75, 3.05) is 6.54 Å². The van der Waals surface area contributed by atoms with Crippen LogP contribution in [0.5, 0.6) is 0 Å². The van der Waals surface area contributed by atoms with Gasteiger partial charge in [-0.3, -0.25) is 0 Å². The Hall–Kier alpha value is -1.39. The molecule has 0 heterocycles. The fourth-order valence-corrected chi connectivity index (χ4v) is 1.66. The number of aliphatic hydroxyl groups excluding tert-OH is 1. The van der Waals surface area contributed by atoms with Crippen LogP contribution in [0.1, 0.15) is 34.9 Å². The van der Waals surface area contributed by atoms with E-state index < -0.39 is 12.1 Å². The third-order valence-electron chi connectivity index (χ3n) is 2.73. The van der Waals surface area contributed by atoms with E-state index in [2.05, 4.69) is 5.32 Å². The number of hydrogen-bond donors (Lipinski definition) is 3. The predicted octanol–water partition coefficient (Wildman–Crippen LogP) is 1.17. The Labute approximate surface area is 93.9 Å². The van der Waals surface area contributed by atoms with Crippen LogP contribution in [-0.4, -0.2) is 28.8 Å². The van der Waals surface area contributed by atoms with Crippen molar-refractivity contribution in [1.29, 1.82) is 0 Å². The van der Waals surface area contributed by atoms with Crippen LogP contribution in [0.15, 0.2) is 24.3 Å². The summed E-state index contributed by atoms with van der Waals surface area (Å²) in [6, 6.07) is 7.07. The van der Waals surface area contributed by atoms with E-state index in [1.54, 1.807) is 18.2 Å². The molecule has 1 aliphatic rings. The molecule has 0 spiro atoms. The first-order valence-corrected chi connectivity index (χ1v) is 5.42. The predicted molar refractivity (Wildman–Crippen MR) is 59.4 cm³/mol.